The molecule has 0 atom stereocenters. The molecular weight excluding hydrogens is 466 g/mol. The Morgan fingerprint density at radius 3 is 2.61 bits per heavy atom. The Bertz CT molecular complexity index is 1320. The average Bonchev–Trinajstić information content (AvgIpc) is 3.10. The normalized spacial score (nSPS) is 12.4. The van der Waals surface area contributed by atoms with Gasteiger partial charge in [0.15, 0.2) is 14.6 Å². The van der Waals surface area contributed by atoms with E-state index in [2.05, 4.69) is 4.99 Å². The minimum absolute atomic E-state index is 0.0229. The predicted molar refractivity (Wildman–Crippen MR) is 126 cm³/mol. The van der Waals surface area contributed by atoms with E-state index in [1.54, 1.807) is 34.9 Å². The van der Waals surface area contributed by atoms with Crippen LogP contribution >= 0.6 is 11.3 Å². The molecule has 9 nitrogen and oxygen atoms in total. The highest BCUT2D eigenvalue weighted by Gasteiger charge is 2.16. The first-order chi connectivity index (χ1) is 15.7. The zero-order valence-electron chi connectivity index (χ0n) is 18.4. The van der Waals surface area contributed by atoms with Gasteiger partial charge in [0.05, 0.1) is 32.4 Å². The third-order valence-corrected chi connectivity index (χ3v) is 7.80. The summed E-state index contributed by atoms with van der Waals surface area (Å²) in [4.78, 5) is 27.9. The van der Waals surface area contributed by atoms with Crippen molar-refractivity contribution >= 4 is 43.0 Å². The molecule has 0 bridgehead atoms. The minimum atomic E-state index is -3.48. The smallest absolute Gasteiger partial charge is 0.270 e. The highest BCUT2D eigenvalue weighted by molar-refractivity contribution is 7.91. The Morgan fingerprint density at radius 1 is 1.21 bits per heavy atom. The summed E-state index contributed by atoms with van der Waals surface area (Å²) in [5.74, 6) is -0.597. The van der Waals surface area contributed by atoms with Gasteiger partial charge in [0.2, 0.25) is 5.91 Å². The minimum Gasteiger partial charge on any atom is -0.380 e. The Balaban J connectivity index is 1.78. The van der Waals surface area contributed by atoms with Crippen LogP contribution in [0, 0.1) is 17.0 Å². The molecule has 0 spiro atoms. The molecule has 33 heavy (non-hydrogen) atoms. The van der Waals surface area contributed by atoms with E-state index < -0.39 is 20.7 Å². The summed E-state index contributed by atoms with van der Waals surface area (Å²) < 4.78 is 32.8. The lowest BCUT2D eigenvalue weighted by Crippen LogP contribution is -2.20. The van der Waals surface area contributed by atoms with Crippen LogP contribution in [0.5, 0.6) is 0 Å². The van der Waals surface area contributed by atoms with Gasteiger partial charge in [-0.05, 0) is 38.5 Å². The van der Waals surface area contributed by atoms with Gasteiger partial charge in [0.25, 0.3) is 5.69 Å². The summed E-state index contributed by atoms with van der Waals surface area (Å²) in [6, 6.07) is 11.1. The van der Waals surface area contributed by atoms with Crippen molar-refractivity contribution in [1.29, 1.82) is 0 Å². The maximum atomic E-state index is 12.5. The van der Waals surface area contributed by atoms with Crippen LogP contribution < -0.4 is 4.80 Å². The fraction of sp³-hybridized carbons (Fsp3) is 0.364. The highest BCUT2D eigenvalue weighted by atomic mass is 32.2. The molecule has 0 fully saturated rings. The van der Waals surface area contributed by atoms with Crippen molar-refractivity contribution in [3.63, 3.8) is 0 Å². The number of nitro groups is 1. The van der Waals surface area contributed by atoms with E-state index in [0.717, 1.165) is 11.1 Å². The number of benzene rings is 2. The van der Waals surface area contributed by atoms with Gasteiger partial charge in [-0.2, -0.15) is 4.99 Å². The molecule has 0 unspecified atom stereocenters. The Kier molecular flexibility index (Phi) is 8.11. The molecule has 2 aromatic carbocycles. The molecule has 0 radical (unpaired) electrons. The first-order valence-electron chi connectivity index (χ1n) is 10.4. The van der Waals surface area contributed by atoms with E-state index in [0.29, 0.717) is 29.3 Å². The van der Waals surface area contributed by atoms with Gasteiger partial charge >= 0.3 is 0 Å². The van der Waals surface area contributed by atoms with Gasteiger partial charge in [-0.1, -0.05) is 29.0 Å². The zero-order chi connectivity index (χ0) is 24.0. The monoisotopic (exact) mass is 491 g/mol. The number of sulfone groups is 1. The fourth-order valence-corrected chi connectivity index (χ4v) is 5.63. The Morgan fingerprint density at radius 2 is 1.94 bits per heavy atom. The van der Waals surface area contributed by atoms with Crippen LogP contribution in [0.25, 0.3) is 10.2 Å². The molecule has 0 aliphatic heterocycles. The number of aryl methyl sites for hydroxylation is 1. The summed E-state index contributed by atoms with van der Waals surface area (Å²) in [6.45, 7) is 5.12. The maximum absolute atomic E-state index is 12.5. The topological polar surface area (TPSA) is 121 Å². The molecule has 1 aromatic heterocycles. The average molecular weight is 492 g/mol. The van der Waals surface area contributed by atoms with Gasteiger partial charge < -0.3 is 9.30 Å². The lowest BCUT2D eigenvalue weighted by Gasteiger charge is -2.05. The van der Waals surface area contributed by atoms with Crippen LogP contribution in [0.2, 0.25) is 0 Å². The number of nitro benzene ring substituents is 1. The molecule has 176 valence electrons. The van der Waals surface area contributed by atoms with Crippen molar-refractivity contribution < 1.29 is 22.9 Å². The molecule has 0 aliphatic carbocycles. The van der Waals surface area contributed by atoms with Gasteiger partial charge in [0, 0.05) is 31.7 Å². The number of hydrogen-bond donors (Lipinski definition) is 0. The number of ether oxygens (including phenoxy) is 1. The third-order valence-electron chi connectivity index (χ3n) is 4.94. The second-order valence-corrected chi connectivity index (χ2v) is 10.5. The van der Waals surface area contributed by atoms with Crippen molar-refractivity contribution in [1.82, 2.24) is 4.57 Å². The van der Waals surface area contributed by atoms with E-state index in [4.69, 9.17) is 4.74 Å². The number of aromatic nitrogens is 1. The lowest BCUT2D eigenvalue weighted by atomic mass is 10.2. The van der Waals surface area contributed by atoms with Gasteiger partial charge in [-0.15, -0.1) is 0 Å². The van der Waals surface area contributed by atoms with Crippen LogP contribution in [0.15, 0.2) is 52.4 Å². The van der Waals surface area contributed by atoms with Gasteiger partial charge in [0.1, 0.15) is 0 Å². The SMILES string of the molecule is CCOCCn1c(=NC(=O)CCCS(=O)(=O)c2ccc(C)cc2)sc2cc([N+](=O)[O-])ccc21. The molecule has 0 aliphatic rings. The first-order valence-corrected chi connectivity index (χ1v) is 12.9. The number of amides is 1. The van der Waals surface area contributed by atoms with Crippen LogP contribution in [0.3, 0.4) is 0 Å². The summed E-state index contributed by atoms with van der Waals surface area (Å²) in [5, 5.41) is 11.1. The maximum Gasteiger partial charge on any atom is 0.270 e. The van der Waals surface area contributed by atoms with Gasteiger partial charge in [-0.25, -0.2) is 8.42 Å². The Labute approximate surface area is 195 Å². The summed E-state index contributed by atoms with van der Waals surface area (Å²) in [5.41, 5.74) is 1.65. The van der Waals surface area contributed by atoms with Crippen molar-refractivity contribution in [2.45, 2.75) is 38.1 Å². The van der Waals surface area contributed by atoms with Crippen molar-refractivity contribution in [3.8, 4) is 0 Å². The second kappa shape index (κ2) is 10.8. The molecule has 0 saturated heterocycles. The number of hydrogen-bond acceptors (Lipinski definition) is 7. The molecular formula is C22H25N3O6S2. The third kappa shape index (κ3) is 6.34. The van der Waals surface area contributed by atoms with Crippen LogP contribution in [-0.2, 0) is 25.9 Å². The number of rotatable bonds is 10. The largest absolute Gasteiger partial charge is 0.380 e. The fourth-order valence-electron chi connectivity index (χ4n) is 3.22. The molecule has 1 amide bonds. The van der Waals surface area contributed by atoms with Crippen molar-refractivity contribution in [3.05, 3.63) is 62.9 Å². The number of nitrogens with zero attached hydrogens (tertiary/aromatic N) is 3. The molecule has 0 saturated carbocycles. The van der Waals surface area contributed by atoms with Crippen molar-refractivity contribution in [2.75, 3.05) is 19.0 Å². The van der Waals surface area contributed by atoms with E-state index >= 15 is 0 Å². The van der Waals surface area contributed by atoms with Crippen molar-refractivity contribution in [2.24, 2.45) is 4.99 Å². The number of fused-ring (bicyclic) bond motifs is 1. The first kappa shape index (κ1) is 24.7. The molecule has 11 heteroatoms. The van der Waals surface area contributed by atoms with Crippen LogP contribution in [0.1, 0.15) is 25.3 Å². The van der Waals surface area contributed by atoms with E-state index in [-0.39, 0.29) is 29.2 Å². The van der Waals surface area contributed by atoms with Crippen LogP contribution in [0.4, 0.5) is 5.69 Å². The number of carbonyl (C=O) groups excluding carboxylic acids is 1. The number of thiazole rings is 1. The summed E-state index contributed by atoms with van der Waals surface area (Å²) in [7, 11) is -3.48. The number of non-ortho nitro benzene ring substituents is 1. The molecule has 0 N–H and O–H groups in total. The lowest BCUT2D eigenvalue weighted by molar-refractivity contribution is -0.384. The standard InChI is InChI=1S/C22H25N3O6S2/c1-3-31-13-12-24-19-11-8-17(25(27)28)15-20(19)32-22(24)23-21(26)5-4-14-33(29,30)18-9-6-16(2)7-10-18/h6-11,15H,3-5,12-14H2,1-2H3. The Hall–Kier alpha value is -2.89. The molecule has 1 heterocycles. The van der Waals surface area contributed by atoms with Gasteiger partial charge in [-0.3, -0.25) is 14.9 Å². The summed E-state index contributed by atoms with van der Waals surface area (Å²) in [6.07, 6.45) is 0.124. The molecule has 3 aromatic rings. The quantitative estimate of drug-likeness (QED) is 0.243. The second-order valence-electron chi connectivity index (χ2n) is 7.38. The van der Waals surface area contributed by atoms with E-state index in [1.807, 2.05) is 13.8 Å². The number of carbonyl (C=O) groups is 1. The molecule has 3 rings (SSSR count). The predicted octanol–water partition coefficient (Wildman–Crippen LogP) is 3.64. The highest BCUT2D eigenvalue weighted by Crippen LogP contribution is 2.23. The zero-order valence-corrected chi connectivity index (χ0v) is 20.0. The van der Waals surface area contributed by atoms with Crippen LogP contribution in [-0.4, -0.2) is 42.8 Å². The van der Waals surface area contributed by atoms with E-state index in [9.17, 15) is 23.3 Å². The summed E-state index contributed by atoms with van der Waals surface area (Å²) >= 11 is 1.18. The van der Waals surface area contributed by atoms with E-state index in [1.165, 1.54) is 23.5 Å².